The Hall–Kier alpha value is -0.710. The van der Waals surface area contributed by atoms with Crippen molar-refractivity contribution in [2.75, 3.05) is 6.61 Å². The Kier molecular flexibility index (Phi) is 7.28. The summed E-state index contributed by atoms with van der Waals surface area (Å²) in [6, 6.07) is 7.54. The van der Waals surface area contributed by atoms with Gasteiger partial charge in [0.25, 0.3) is 0 Å². The van der Waals surface area contributed by atoms with Gasteiger partial charge in [-0.3, -0.25) is 4.79 Å². The standard InChI is InChI=1S/C14H20ClNO2S/c1-10(4-3-9-17)16-14(18)11(2)19-13-7-5-12(15)6-8-13/h5-8,10-11,17H,3-4,9H2,1-2H3,(H,16,18). The zero-order chi connectivity index (χ0) is 14.3. The lowest BCUT2D eigenvalue weighted by atomic mass is 10.2. The van der Waals surface area contributed by atoms with E-state index in [1.807, 2.05) is 38.1 Å². The smallest absolute Gasteiger partial charge is 0.233 e. The average molecular weight is 302 g/mol. The van der Waals surface area contributed by atoms with Crippen molar-refractivity contribution >= 4 is 29.3 Å². The van der Waals surface area contributed by atoms with Crippen molar-refractivity contribution in [3.63, 3.8) is 0 Å². The molecule has 0 aliphatic rings. The fraction of sp³-hybridized carbons (Fsp3) is 0.500. The molecule has 0 bridgehead atoms. The molecule has 0 heterocycles. The van der Waals surface area contributed by atoms with Crippen LogP contribution in [0.4, 0.5) is 0 Å². The molecule has 0 radical (unpaired) electrons. The van der Waals surface area contributed by atoms with Gasteiger partial charge >= 0.3 is 0 Å². The van der Waals surface area contributed by atoms with Crippen molar-refractivity contribution in [1.82, 2.24) is 5.32 Å². The van der Waals surface area contributed by atoms with Gasteiger partial charge in [-0.1, -0.05) is 11.6 Å². The fourth-order valence-electron chi connectivity index (χ4n) is 1.60. The third-order valence-electron chi connectivity index (χ3n) is 2.68. The molecule has 1 aromatic rings. The fourth-order valence-corrected chi connectivity index (χ4v) is 2.60. The van der Waals surface area contributed by atoms with E-state index in [0.717, 1.165) is 11.3 Å². The van der Waals surface area contributed by atoms with Crippen LogP contribution in [0, 0.1) is 0 Å². The molecule has 0 spiro atoms. The second kappa shape index (κ2) is 8.46. The number of carbonyl (C=O) groups is 1. The lowest BCUT2D eigenvalue weighted by molar-refractivity contribution is -0.120. The minimum Gasteiger partial charge on any atom is -0.396 e. The predicted molar refractivity (Wildman–Crippen MR) is 80.7 cm³/mol. The van der Waals surface area contributed by atoms with Crippen molar-refractivity contribution in [3.8, 4) is 0 Å². The molecule has 0 aromatic heterocycles. The number of aliphatic hydroxyl groups is 1. The Bertz CT molecular complexity index is 397. The number of aliphatic hydroxyl groups excluding tert-OH is 1. The van der Waals surface area contributed by atoms with Gasteiger partial charge in [-0.25, -0.2) is 0 Å². The van der Waals surface area contributed by atoms with Crippen LogP contribution in [0.25, 0.3) is 0 Å². The first-order valence-electron chi connectivity index (χ1n) is 6.36. The van der Waals surface area contributed by atoms with Crippen LogP contribution in [0.5, 0.6) is 0 Å². The second-order valence-corrected chi connectivity index (χ2v) is 6.34. The van der Waals surface area contributed by atoms with Gasteiger partial charge in [0.1, 0.15) is 0 Å². The Morgan fingerprint density at radius 2 is 2.00 bits per heavy atom. The van der Waals surface area contributed by atoms with Crippen molar-refractivity contribution < 1.29 is 9.90 Å². The predicted octanol–water partition coefficient (Wildman–Crippen LogP) is 3.10. The normalized spacial score (nSPS) is 13.9. The van der Waals surface area contributed by atoms with E-state index in [1.54, 1.807) is 0 Å². The Morgan fingerprint density at radius 1 is 1.37 bits per heavy atom. The van der Waals surface area contributed by atoms with E-state index >= 15 is 0 Å². The van der Waals surface area contributed by atoms with Gasteiger partial charge in [-0.05, 0) is 51.0 Å². The maximum atomic E-state index is 12.0. The molecule has 5 heteroatoms. The highest BCUT2D eigenvalue weighted by atomic mass is 35.5. The van der Waals surface area contributed by atoms with Crippen LogP contribution in [0.15, 0.2) is 29.2 Å². The SMILES string of the molecule is CC(CCCO)NC(=O)C(C)Sc1ccc(Cl)cc1. The average Bonchev–Trinajstić information content (AvgIpc) is 2.39. The van der Waals surface area contributed by atoms with E-state index in [4.69, 9.17) is 16.7 Å². The number of carbonyl (C=O) groups excluding carboxylic acids is 1. The second-order valence-electron chi connectivity index (χ2n) is 4.49. The summed E-state index contributed by atoms with van der Waals surface area (Å²) in [6.45, 7) is 4.00. The number of nitrogens with one attached hydrogen (secondary N) is 1. The molecule has 1 rings (SSSR count). The van der Waals surface area contributed by atoms with E-state index in [9.17, 15) is 4.79 Å². The van der Waals surface area contributed by atoms with Crippen molar-refractivity contribution in [2.24, 2.45) is 0 Å². The minimum absolute atomic E-state index is 0.0189. The first kappa shape index (κ1) is 16.3. The third-order valence-corrected chi connectivity index (χ3v) is 4.04. The van der Waals surface area contributed by atoms with E-state index in [2.05, 4.69) is 5.32 Å². The summed E-state index contributed by atoms with van der Waals surface area (Å²) in [4.78, 5) is 13.0. The van der Waals surface area contributed by atoms with Gasteiger partial charge in [-0.15, -0.1) is 11.8 Å². The zero-order valence-corrected chi connectivity index (χ0v) is 12.8. The maximum Gasteiger partial charge on any atom is 0.233 e. The minimum atomic E-state index is -0.155. The van der Waals surface area contributed by atoms with Crippen LogP contribution >= 0.6 is 23.4 Å². The van der Waals surface area contributed by atoms with E-state index in [0.29, 0.717) is 11.4 Å². The molecule has 2 unspecified atom stereocenters. The lowest BCUT2D eigenvalue weighted by Gasteiger charge is -2.17. The zero-order valence-electron chi connectivity index (χ0n) is 11.2. The molecule has 2 N–H and O–H groups in total. The van der Waals surface area contributed by atoms with Crippen LogP contribution in [-0.2, 0) is 4.79 Å². The van der Waals surface area contributed by atoms with E-state index in [1.165, 1.54) is 11.8 Å². The molecular weight excluding hydrogens is 282 g/mol. The molecule has 19 heavy (non-hydrogen) atoms. The summed E-state index contributed by atoms with van der Waals surface area (Å²) >= 11 is 7.33. The van der Waals surface area contributed by atoms with Crippen LogP contribution in [0.2, 0.25) is 5.02 Å². The summed E-state index contributed by atoms with van der Waals surface area (Å²) in [5, 5.41) is 12.2. The largest absolute Gasteiger partial charge is 0.396 e. The summed E-state index contributed by atoms with van der Waals surface area (Å²) in [5.41, 5.74) is 0. The van der Waals surface area contributed by atoms with Gasteiger partial charge in [-0.2, -0.15) is 0 Å². The summed E-state index contributed by atoms with van der Waals surface area (Å²) in [6.07, 6.45) is 1.50. The van der Waals surface area contributed by atoms with Crippen LogP contribution in [-0.4, -0.2) is 28.9 Å². The summed E-state index contributed by atoms with van der Waals surface area (Å²) in [7, 11) is 0. The highest BCUT2D eigenvalue weighted by Crippen LogP contribution is 2.24. The molecule has 0 saturated carbocycles. The molecule has 0 aliphatic heterocycles. The first-order chi connectivity index (χ1) is 9.02. The molecule has 0 aliphatic carbocycles. The summed E-state index contributed by atoms with van der Waals surface area (Å²) < 4.78 is 0. The summed E-state index contributed by atoms with van der Waals surface area (Å²) in [5.74, 6) is 0.0189. The van der Waals surface area contributed by atoms with Gasteiger partial charge < -0.3 is 10.4 Å². The highest BCUT2D eigenvalue weighted by Gasteiger charge is 2.16. The number of benzene rings is 1. The molecule has 3 nitrogen and oxygen atoms in total. The first-order valence-corrected chi connectivity index (χ1v) is 7.62. The van der Waals surface area contributed by atoms with Crippen molar-refractivity contribution in [1.29, 1.82) is 0 Å². The number of amides is 1. The Labute approximate surface area is 123 Å². The van der Waals surface area contributed by atoms with Crippen molar-refractivity contribution in [2.45, 2.75) is 42.9 Å². The topological polar surface area (TPSA) is 49.3 Å². The number of halogens is 1. The van der Waals surface area contributed by atoms with Crippen molar-refractivity contribution in [3.05, 3.63) is 29.3 Å². The van der Waals surface area contributed by atoms with Gasteiger partial charge in [0.15, 0.2) is 0 Å². The molecule has 1 aromatic carbocycles. The number of hydrogen-bond donors (Lipinski definition) is 2. The number of rotatable bonds is 7. The number of thioether (sulfide) groups is 1. The van der Waals surface area contributed by atoms with Crippen LogP contribution in [0.3, 0.4) is 0 Å². The lowest BCUT2D eigenvalue weighted by Crippen LogP contribution is -2.37. The van der Waals surface area contributed by atoms with E-state index < -0.39 is 0 Å². The quantitative estimate of drug-likeness (QED) is 0.761. The highest BCUT2D eigenvalue weighted by molar-refractivity contribution is 8.00. The molecular formula is C14H20ClNO2S. The van der Waals surface area contributed by atoms with Gasteiger partial charge in [0.2, 0.25) is 5.91 Å². The Morgan fingerprint density at radius 3 is 2.58 bits per heavy atom. The Balaban J connectivity index is 2.42. The molecule has 0 saturated heterocycles. The van der Waals surface area contributed by atoms with Crippen LogP contribution < -0.4 is 5.32 Å². The third kappa shape index (κ3) is 6.32. The molecule has 2 atom stereocenters. The monoisotopic (exact) mass is 301 g/mol. The molecule has 0 fully saturated rings. The van der Waals surface area contributed by atoms with Crippen LogP contribution in [0.1, 0.15) is 26.7 Å². The number of hydrogen-bond acceptors (Lipinski definition) is 3. The van der Waals surface area contributed by atoms with E-state index in [-0.39, 0.29) is 23.8 Å². The van der Waals surface area contributed by atoms with Gasteiger partial charge in [0, 0.05) is 22.6 Å². The maximum absolute atomic E-state index is 12.0. The van der Waals surface area contributed by atoms with Gasteiger partial charge in [0.05, 0.1) is 5.25 Å². The molecule has 106 valence electrons. The molecule has 1 amide bonds.